The van der Waals surface area contributed by atoms with E-state index in [4.69, 9.17) is 0 Å². The number of hydrogen-bond acceptors (Lipinski definition) is 2. The Morgan fingerprint density at radius 3 is 2.43 bits per heavy atom. The third-order valence-electron chi connectivity index (χ3n) is 5.37. The number of benzene rings is 3. The fourth-order valence-corrected chi connectivity index (χ4v) is 4.03. The second-order valence-electron chi connectivity index (χ2n) is 7.70. The lowest BCUT2D eigenvalue weighted by Gasteiger charge is -2.14. The molecule has 0 aromatic heterocycles. The number of carbonyl (C=O) groups excluding carboxylic acids is 2. The van der Waals surface area contributed by atoms with Gasteiger partial charge in [0.15, 0.2) is 0 Å². The molecule has 1 aliphatic heterocycles. The molecule has 0 atom stereocenters. The van der Waals surface area contributed by atoms with Gasteiger partial charge >= 0.3 is 6.03 Å². The molecule has 0 unspecified atom stereocenters. The molecular weight excluding hydrogens is 374 g/mol. The summed E-state index contributed by atoms with van der Waals surface area (Å²) in [6.07, 6.45) is 0.777. The number of anilines is 2. The van der Waals surface area contributed by atoms with E-state index in [0.717, 1.165) is 56.7 Å². The summed E-state index contributed by atoms with van der Waals surface area (Å²) in [5.74, 6) is -0.0242. The van der Waals surface area contributed by atoms with Crippen molar-refractivity contribution in [3.05, 3.63) is 82.4 Å². The molecule has 1 heterocycles. The van der Waals surface area contributed by atoms with E-state index in [9.17, 15) is 9.59 Å². The number of nitrogens with one attached hydrogen (secondary N) is 3. The van der Waals surface area contributed by atoms with Crippen LogP contribution in [0.25, 0.3) is 11.1 Å². The van der Waals surface area contributed by atoms with Crippen LogP contribution < -0.4 is 16.0 Å². The average Bonchev–Trinajstić information content (AvgIpc) is 3.08. The third-order valence-corrected chi connectivity index (χ3v) is 5.37. The van der Waals surface area contributed by atoms with Crippen molar-refractivity contribution in [1.29, 1.82) is 0 Å². The van der Waals surface area contributed by atoms with Gasteiger partial charge in [-0.1, -0.05) is 31.2 Å². The Labute approximate surface area is 176 Å². The average molecular weight is 399 g/mol. The van der Waals surface area contributed by atoms with Crippen molar-refractivity contribution in [3.8, 4) is 11.1 Å². The zero-order valence-corrected chi connectivity index (χ0v) is 17.4. The molecule has 152 valence electrons. The number of hydrogen-bond donors (Lipinski definition) is 3. The van der Waals surface area contributed by atoms with Crippen molar-refractivity contribution in [3.63, 3.8) is 0 Å². The fourth-order valence-electron chi connectivity index (χ4n) is 4.03. The zero-order chi connectivity index (χ0) is 21.3. The van der Waals surface area contributed by atoms with Crippen LogP contribution in [-0.4, -0.2) is 11.9 Å². The van der Waals surface area contributed by atoms with Crippen LogP contribution in [0.3, 0.4) is 0 Å². The maximum Gasteiger partial charge on any atom is 0.323 e. The Kier molecular flexibility index (Phi) is 5.27. The first-order chi connectivity index (χ1) is 14.4. The van der Waals surface area contributed by atoms with Crippen LogP contribution in [0, 0.1) is 13.8 Å². The van der Waals surface area contributed by atoms with Gasteiger partial charge in [-0.05, 0) is 84.0 Å². The summed E-state index contributed by atoms with van der Waals surface area (Å²) < 4.78 is 0. The first kappa shape index (κ1) is 19.7. The molecule has 0 aliphatic carbocycles. The van der Waals surface area contributed by atoms with Gasteiger partial charge in [0.2, 0.25) is 0 Å². The molecule has 3 aromatic rings. The van der Waals surface area contributed by atoms with Gasteiger partial charge in [-0.15, -0.1) is 0 Å². The smallest absolute Gasteiger partial charge is 0.323 e. The maximum absolute atomic E-state index is 12.5. The molecular formula is C25H25N3O2. The van der Waals surface area contributed by atoms with E-state index in [1.165, 1.54) is 0 Å². The second-order valence-corrected chi connectivity index (χ2v) is 7.70. The Hall–Kier alpha value is -3.60. The minimum absolute atomic E-state index is 0.0242. The van der Waals surface area contributed by atoms with Crippen LogP contribution in [-0.2, 0) is 13.0 Å². The highest BCUT2D eigenvalue weighted by atomic mass is 16.2. The number of amides is 3. The molecule has 0 fully saturated rings. The van der Waals surface area contributed by atoms with Crippen molar-refractivity contribution >= 4 is 23.3 Å². The van der Waals surface area contributed by atoms with Gasteiger partial charge < -0.3 is 16.0 Å². The highest BCUT2D eigenvalue weighted by Gasteiger charge is 2.22. The Morgan fingerprint density at radius 1 is 0.967 bits per heavy atom. The van der Waals surface area contributed by atoms with E-state index >= 15 is 0 Å². The van der Waals surface area contributed by atoms with Crippen LogP contribution >= 0.6 is 0 Å². The number of aryl methyl sites for hydroxylation is 3. The molecule has 0 spiro atoms. The highest BCUT2D eigenvalue weighted by molar-refractivity contribution is 6.01. The van der Waals surface area contributed by atoms with Crippen molar-refractivity contribution in [1.82, 2.24) is 5.32 Å². The quantitative estimate of drug-likeness (QED) is 0.548. The van der Waals surface area contributed by atoms with Gasteiger partial charge in [0.05, 0.1) is 0 Å². The van der Waals surface area contributed by atoms with Crippen LogP contribution in [0.1, 0.15) is 39.5 Å². The van der Waals surface area contributed by atoms with Crippen LogP contribution in [0.2, 0.25) is 0 Å². The number of carbonyl (C=O) groups is 2. The van der Waals surface area contributed by atoms with E-state index in [1.54, 1.807) is 0 Å². The minimum Gasteiger partial charge on any atom is -0.348 e. The number of urea groups is 1. The highest BCUT2D eigenvalue weighted by Crippen LogP contribution is 2.32. The molecule has 0 saturated carbocycles. The number of fused-ring (bicyclic) bond motifs is 1. The first-order valence-electron chi connectivity index (χ1n) is 10.1. The standard InChI is InChI=1S/C25H25N3O2/c1-4-17-13-18(20-6-5-7-21-22(20)14-26-24(21)29)8-9-23(17)28-25(30)27-19-11-15(2)10-16(3)12-19/h5-13H,4,14H2,1-3H3,(H,26,29)(H2,27,28,30). The second kappa shape index (κ2) is 8.03. The fraction of sp³-hybridized carbons (Fsp3) is 0.200. The first-order valence-corrected chi connectivity index (χ1v) is 10.1. The zero-order valence-electron chi connectivity index (χ0n) is 17.4. The third kappa shape index (κ3) is 3.92. The van der Waals surface area contributed by atoms with E-state index in [1.807, 2.05) is 56.3 Å². The lowest BCUT2D eigenvalue weighted by atomic mass is 9.94. The van der Waals surface area contributed by atoms with Gasteiger partial charge in [-0.3, -0.25) is 4.79 Å². The Morgan fingerprint density at radius 2 is 1.70 bits per heavy atom. The minimum atomic E-state index is -0.266. The topological polar surface area (TPSA) is 70.2 Å². The summed E-state index contributed by atoms with van der Waals surface area (Å²) in [5.41, 5.74) is 8.66. The van der Waals surface area contributed by atoms with Crippen molar-refractivity contribution in [2.24, 2.45) is 0 Å². The maximum atomic E-state index is 12.5. The predicted molar refractivity (Wildman–Crippen MR) is 121 cm³/mol. The molecule has 0 saturated heterocycles. The summed E-state index contributed by atoms with van der Waals surface area (Å²) in [6, 6.07) is 17.5. The van der Waals surface area contributed by atoms with Gasteiger partial charge in [0.1, 0.15) is 0 Å². The molecule has 3 N–H and O–H groups in total. The summed E-state index contributed by atoms with van der Waals surface area (Å²) >= 11 is 0. The van der Waals surface area contributed by atoms with Gasteiger partial charge in [-0.25, -0.2) is 4.79 Å². The van der Waals surface area contributed by atoms with Crippen molar-refractivity contribution < 1.29 is 9.59 Å². The van der Waals surface area contributed by atoms with E-state index in [2.05, 4.69) is 35.0 Å². The molecule has 1 aliphatic rings. The summed E-state index contributed by atoms with van der Waals surface area (Å²) in [7, 11) is 0. The summed E-state index contributed by atoms with van der Waals surface area (Å²) in [5, 5.41) is 8.77. The Balaban J connectivity index is 1.57. The summed E-state index contributed by atoms with van der Waals surface area (Å²) in [6.45, 7) is 6.62. The largest absolute Gasteiger partial charge is 0.348 e. The normalized spacial score (nSPS) is 12.3. The predicted octanol–water partition coefficient (Wildman–Crippen LogP) is 5.42. The van der Waals surface area contributed by atoms with E-state index in [-0.39, 0.29) is 11.9 Å². The number of rotatable bonds is 4. The molecule has 3 amide bonds. The van der Waals surface area contributed by atoms with Crippen LogP contribution in [0.15, 0.2) is 54.6 Å². The SMILES string of the molecule is CCc1cc(-c2cccc3c2CNC3=O)ccc1NC(=O)Nc1cc(C)cc(C)c1. The van der Waals surface area contributed by atoms with Gasteiger partial charge in [-0.2, -0.15) is 0 Å². The lowest BCUT2D eigenvalue weighted by Crippen LogP contribution is -2.20. The Bertz CT molecular complexity index is 1130. The van der Waals surface area contributed by atoms with Gasteiger partial charge in [0, 0.05) is 23.5 Å². The van der Waals surface area contributed by atoms with E-state index < -0.39 is 0 Å². The van der Waals surface area contributed by atoms with Gasteiger partial charge in [0.25, 0.3) is 5.91 Å². The monoisotopic (exact) mass is 399 g/mol. The molecule has 30 heavy (non-hydrogen) atoms. The van der Waals surface area contributed by atoms with Crippen LogP contribution in [0.5, 0.6) is 0 Å². The molecule has 5 heteroatoms. The lowest BCUT2D eigenvalue weighted by molar-refractivity contribution is 0.0965. The summed E-state index contributed by atoms with van der Waals surface area (Å²) in [4.78, 5) is 24.5. The van der Waals surface area contributed by atoms with Crippen molar-refractivity contribution in [2.75, 3.05) is 10.6 Å². The molecule has 4 rings (SSSR count). The molecule has 3 aromatic carbocycles. The molecule has 0 radical (unpaired) electrons. The molecule has 5 nitrogen and oxygen atoms in total. The van der Waals surface area contributed by atoms with Crippen LogP contribution in [0.4, 0.5) is 16.2 Å². The van der Waals surface area contributed by atoms with E-state index in [0.29, 0.717) is 6.54 Å². The van der Waals surface area contributed by atoms with Crippen molar-refractivity contribution in [2.45, 2.75) is 33.7 Å². The molecule has 0 bridgehead atoms.